The van der Waals surface area contributed by atoms with Crippen molar-refractivity contribution in [3.8, 4) is 0 Å². The Labute approximate surface area is 461 Å². The molecule has 0 fully saturated rings. The number of unbranched alkanes of at least 4 members (excludes halogenated alkanes) is 13. The fraction of sp³-hybridized carbons (Fsp3) is 0.609. The molecule has 3 unspecified atom stereocenters. The first-order chi connectivity index (χ1) is 37.2. The summed E-state index contributed by atoms with van der Waals surface area (Å²) in [5.74, 6) is -1.56. The average Bonchev–Trinajstić information content (AvgIpc) is 3.41. The SMILES string of the molecule is CC/C=C\C/C=C\C/C=C\C/C=C\C/C=C\CCCCCC(=O)OC(COC(=O)CCCCCC/C=C\C/C=C\C/C=C\C/C=C\CC)COP(=O)(O)OCC(CO)OC(=O)CCCCCCC/C=C\C/C=C\CCC. The summed E-state index contributed by atoms with van der Waals surface area (Å²) in [6.45, 7) is 4.25. The molecule has 0 aromatic carbocycles. The minimum absolute atomic E-state index is 0.114. The van der Waals surface area contributed by atoms with E-state index in [1.807, 2.05) is 0 Å². The smallest absolute Gasteiger partial charge is 0.462 e. The third-order valence-corrected chi connectivity index (χ3v) is 12.5. The molecule has 12 heteroatoms. The number of hydrogen-bond donors (Lipinski definition) is 2. The monoisotopic (exact) mass is 1080 g/mol. The van der Waals surface area contributed by atoms with E-state index in [1.165, 1.54) is 0 Å². The molecule has 0 saturated heterocycles. The van der Waals surface area contributed by atoms with Crippen LogP contribution in [-0.4, -0.2) is 66.5 Å². The van der Waals surface area contributed by atoms with Crippen molar-refractivity contribution >= 4 is 25.7 Å². The number of phosphoric ester groups is 1. The Balaban J connectivity index is 4.87. The molecule has 0 aliphatic heterocycles. The van der Waals surface area contributed by atoms with Crippen molar-refractivity contribution < 1.29 is 52.2 Å². The fourth-order valence-corrected chi connectivity index (χ4v) is 7.96. The molecule has 0 amide bonds. The van der Waals surface area contributed by atoms with Gasteiger partial charge in [0.15, 0.2) is 6.10 Å². The number of esters is 3. The maximum atomic E-state index is 12.9. The third-order valence-electron chi connectivity index (χ3n) is 11.5. The summed E-state index contributed by atoms with van der Waals surface area (Å²) in [6, 6.07) is 0. The van der Waals surface area contributed by atoms with Crippen LogP contribution in [0.1, 0.15) is 213 Å². The lowest BCUT2D eigenvalue weighted by molar-refractivity contribution is -0.161. The Kier molecular flexibility index (Phi) is 53.5. The van der Waals surface area contributed by atoms with Gasteiger partial charge >= 0.3 is 25.7 Å². The molecule has 3 atom stereocenters. The number of carbonyl (C=O) groups is 3. The normalized spacial score (nSPS) is 14.3. The molecule has 0 heterocycles. The van der Waals surface area contributed by atoms with E-state index in [9.17, 15) is 28.9 Å². The van der Waals surface area contributed by atoms with Crippen LogP contribution >= 0.6 is 7.82 Å². The van der Waals surface area contributed by atoms with Gasteiger partial charge in [-0.05, 0) is 128 Å². The van der Waals surface area contributed by atoms with Crippen molar-refractivity contribution in [2.45, 2.75) is 226 Å². The summed E-state index contributed by atoms with van der Waals surface area (Å²) in [5.41, 5.74) is 0. The molecule has 0 aliphatic rings. The number of carbonyl (C=O) groups excluding carboxylic acids is 3. The Morgan fingerprint density at radius 1 is 0.382 bits per heavy atom. The van der Waals surface area contributed by atoms with E-state index >= 15 is 0 Å². The van der Waals surface area contributed by atoms with Gasteiger partial charge in [0.25, 0.3) is 0 Å². The molecule has 430 valence electrons. The number of aliphatic hydroxyl groups excluding tert-OH is 1. The van der Waals surface area contributed by atoms with Gasteiger partial charge < -0.3 is 24.2 Å². The molecular weight excluding hydrogens is 976 g/mol. The van der Waals surface area contributed by atoms with Gasteiger partial charge in [-0.1, -0.05) is 199 Å². The topological polar surface area (TPSA) is 155 Å². The van der Waals surface area contributed by atoms with Crippen molar-refractivity contribution in [3.63, 3.8) is 0 Å². The Bertz CT molecular complexity index is 1780. The highest BCUT2D eigenvalue weighted by atomic mass is 31.2. The minimum atomic E-state index is -4.78. The molecule has 0 saturated carbocycles. The van der Waals surface area contributed by atoms with Crippen molar-refractivity contribution in [1.29, 1.82) is 0 Å². The molecule has 0 aliphatic carbocycles. The van der Waals surface area contributed by atoms with Gasteiger partial charge in [0.1, 0.15) is 12.7 Å². The molecule has 0 aromatic rings. The van der Waals surface area contributed by atoms with E-state index in [4.69, 9.17) is 23.3 Å². The van der Waals surface area contributed by atoms with E-state index < -0.39 is 57.8 Å². The van der Waals surface area contributed by atoms with Gasteiger partial charge in [0.2, 0.25) is 0 Å². The van der Waals surface area contributed by atoms with Crippen LogP contribution in [-0.2, 0) is 42.2 Å². The zero-order chi connectivity index (χ0) is 55.5. The third kappa shape index (κ3) is 54.4. The zero-order valence-corrected chi connectivity index (χ0v) is 48.3. The highest BCUT2D eigenvalue weighted by molar-refractivity contribution is 7.47. The number of aliphatic hydroxyl groups is 1. The highest BCUT2D eigenvalue weighted by Crippen LogP contribution is 2.43. The second kappa shape index (κ2) is 56.8. The summed E-state index contributed by atoms with van der Waals surface area (Å²) in [7, 11) is -4.78. The van der Waals surface area contributed by atoms with Crippen LogP contribution in [0.5, 0.6) is 0 Å². The molecular formula is C64H103O11P. The van der Waals surface area contributed by atoms with E-state index in [1.54, 1.807) is 0 Å². The van der Waals surface area contributed by atoms with Crippen LogP contribution in [0.3, 0.4) is 0 Å². The second-order valence-electron chi connectivity index (χ2n) is 18.7. The lowest BCUT2D eigenvalue weighted by Crippen LogP contribution is -2.30. The Hall–Kier alpha value is -4.38. The summed E-state index contributed by atoms with van der Waals surface area (Å²) in [6.07, 6.45) is 71.2. The maximum Gasteiger partial charge on any atom is 0.472 e. The van der Waals surface area contributed by atoms with E-state index in [0.29, 0.717) is 19.3 Å². The first kappa shape index (κ1) is 71.6. The van der Waals surface area contributed by atoms with Crippen LogP contribution in [0.4, 0.5) is 0 Å². The molecule has 0 spiro atoms. The minimum Gasteiger partial charge on any atom is -0.462 e. The zero-order valence-electron chi connectivity index (χ0n) is 47.4. The summed E-state index contributed by atoms with van der Waals surface area (Å²) in [4.78, 5) is 48.6. The van der Waals surface area contributed by atoms with Crippen LogP contribution in [0.15, 0.2) is 134 Å². The fourth-order valence-electron chi connectivity index (χ4n) is 7.17. The first-order valence-electron chi connectivity index (χ1n) is 29.1. The molecule has 11 nitrogen and oxygen atoms in total. The van der Waals surface area contributed by atoms with Crippen molar-refractivity contribution in [1.82, 2.24) is 0 Å². The maximum absolute atomic E-state index is 12.9. The summed E-state index contributed by atoms with van der Waals surface area (Å²) < 4.78 is 39.5. The summed E-state index contributed by atoms with van der Waals surface area (Å²) in [5, 5.41) is 9.81. The van der Waals surface area contributed by atoms with Gasteiger partial charge in [0, 0.05) is 19.3 Å². The van der Waals surface area contributed by atoms with Crippen LogP contribution < -0.4 is 0 Å². The van der Waals surface area contributed by atoms with E-state index in [-0.39, 0.29) is 25.9 Å². The highest BCUT2D eigenvalue weighted by Gasteiger charge is 2.28. The first-order valence-corrected chi connectivity index (χ1v) is 30.6. The summed E-state index contributed by atoms with van der Waals surface area (Å²) >= 11 is 0. The van der Waals surface area contributed by atoms with Gasteiger partial charge in [-0.2, -0.15) is 0 Å². The number of phosphoric acid groups is 1. The van der Waals surface area contributed by atoms with Crippen LogP contribution in [0, 0.1) is 0 Å². The number of rotatable bonds is 52. The standard InChI is InChI=1S/C64H103O11P/c1-4-7-10-13-16-19-22-25-27-29-30-32-34-37-40-43-46-49-52-55-64(68)75-61(57-71-62(66)53-50-47-44-41-38-36-33-31-28-26-23-20-17-14-11-8-5-2)59-73-76(69,70)72-58-60(56-65)74-63(67)54-51-48-45-42-39-35-24-21-18-15-12-9-6-3/h7-8,10-12,15-17,19-21,24-28,30,32-33,36-37,40,60-61,65H,4-6,9,13-14,18,22-23,29,31,34-35,38-39,41-59H2,1-3H3,(H,69,70)/b10-7-,11-8-,15-12-,19-16-,20-17-,24-21-,27-25-,28-26-,32-30-,36-33-,40-37-. The number of ether oxygens (including phenoxy) is 3. The van der Waals surface area contributed by atoms with E-state index in [0.717, 1.165) is 154 Å². The molecule has 0 radical (unpaired) electrons. The van der Waals surface area contributed by atoms with Gasteiger partial charge in [-0.25, -0.2) is 4.57 Å². The predicted octanol–water partition coefficient (Wildman–Crippen LogP) is 17.4. The molecule has 0 rings (SSSR count). The van der Waals surface area contributed by atoms with Crippen molar-refractivity contribution in [2.24, 2.45) is 0 Å². The lowest BCUT2D eigenvalue weighted by atomic mass is 10.1. The predicted molar refractivity (Wildman–Crippen MR) is 316 cm³/mol. The van der Waals surface area contributed by atoms with E-state index in [2.05, 4.69) is 154 Å². The largest absolute Gasteiger partial charge is 0.472 e. The lowest BCUT2D eigenvalue weighted by Gasteiger charge is -2.21. The quantitative estimate of drug-likeness (QED) is 0.0197. The second-order valence-corrected chi connectivity index (χ2v) is 20.1. The van der Waals surface area contributed by atoms with Gasteiger partial charge in [-0.15, -0.1) is 0 Å². The number of allylic oxidation sites excluding steroid dienone is 22. The average molecular weight is 1080 g/mol. The van der Waals surface area contributed by atoms with Crippen LogP contribution in [0.25, 0.3) is 0 Å². The van der Waals surface area contributed by atoms with Crippen molar-refractivity contribution in [3.05, 3.63) is 134 Å². The molecule has 76 heavy (non-hydrogen) atoms. The van der Waals surface area contributed by atoms with Gasteiger partial charge in [-0.3, -0.25) is 23.4 Å². The van der Waals surface area contributed by atoms with Crippen molar-refractivity contribution in [2.75, 3.05) is 26.4 Å². The van der Waals surface area contributed by atoms with Gasteiger partial charge in [0.05, 0.1) is 19.8 Å². The Morgan fingerprint density at radius 3 is 1.07 bits per heavy atom. The molecule has 2 N–H and O–H groups in total. The Morgan fingerprint density at radius 2 is 0.684 bits per heavy atom. The molecule has 0 aromatic heterocycles. The number of hydrogen-bond acceptors (Lipinski definition) is 10. The molecule has 0 bridgehead atoms. The van der Waals surface area contributed by atoms with Crippen LogP contribution in [0.2, 0.25) is 0 Å².